The van der Waals surface area contributed by atoms with Gasteiger partial charge >= 0.3 is 12.1 Å². The molecule has 10 nitrogen and oxygen atoms in total. The molecule has 1 aromatic carbocycles. The van der Waals surface area contributed by atoms with Crippen molar-refractivity contribution in [1.82, 2.24) is 14.3 Å². The molecule has 4 atom stereocenters. The molecule has 200 valence electrons. The number of esters is 1. The summed E-state index contributed by atoms with van der Waals surface area (Å²) in [5, 5.41) is 11.1. The Bertz CT molecular complexity index is 1450. The van der Waals surface area contributed by atoms with Crippen molar-refractivity contribution >= 4 is 51.5 Å². The van der Waals surface area contributed by atoms with Gasteiger partial charge in [0.25, 0.3) is 0 Å². The molecule has 2 aliphatic rings. The molecule has 0 unspecified atom stereocenters. The predicted molar refractivity (Wildman–Crippen MR) is 141 cm³/mol. The number of fused-ring (bicyclic) bond motifs is 2. The minimum atomic E-state index is -1.01. The number of aromatic nitrogens is 2. The van der Waals surface area contributed by atoms with E-state index >= 15 is 0 Å². The minimum absolute atomic E-state index is 0.0966. The number of ether oxygens (including phenoxy) is 3. The molecule has 1 saturated heterocycles. The lowest BCUT2D eigenvalue weighted by atomic mass is 9.77. The molecule has 1 N–H and O–H groups in total. The summed E-state index contributed by atoms with van der Waals surface area (Å²) in [5.41, 5.74) is 2.27. The third-order valence-corrected chi connectivity index (χ3v) is 8.92. The van der Waals surface area contributed by atoms with Crippen LogP contribution in [0.2, 0.25) is 0 Å². The van der Waals surface area contributed by atoms with E-state index in [-0.39, 0.29) is 23.6 Å². The van der Waals surface area contributed by atoms with Crippen LogP contribution in [0.15, 0.2) is 41.4 Å². The highest BCUT2D eigenvalue weighted by Crippen LogP contribution is 2.52. The number of imidazole rings is 1. The maximum Gasteiger partial charge on any atom is 0.516 e. The van der Waals surface area contributed by atoms with Crippen LogP contribution in [0.4, 0.5) is 4.79 Å². The maximum absolute atomic E-state index is 13.3. The lowest BCUT2D eigenvalue weighted by Crippen LogP contribution is -2.63. The number of benzene rings is 1. The quantitative estimate of drug-likeness (QED) is 0.151. The Morgan fingerprint density at radius 3 is 2.61 bits per heavy atom. The Morgan fingerprint density at radius 1 is 1.24 bits per heavy atom. The van der Waals surface area contributed by atoms with Crippen LogP contribution >= 0.6 is 23.1 Å². The zero-order valence-corrected chi connectivity index (χ0v) is 23.1. The average molecular weight is 558 g/mol. The van der Waals surface area contributed by atoms with Crippen LogP contribution in [0.5, 0.6) is 5.75 Å². The molecule has 0 aliphatic carbocycles. The van der Waals surface area contributed by atoms with Crippen molar-refractivity contribution in [3.8, 4) is 5.75 Å². The van der Waals surface area contributed by atoms with Crippen molar-refractivity contribution < 1.29 is 33.7 Å². The highest BCUT2D eigenvalue weighted by molar-refractivity contribution is 7.98. The molecule has 1 amide bonds. The van der Waals surface area contributed by atoms with Gasteiger partial charge in [0.2, 0.25) is 12.7 Å². The smallest absolute Gasteiger partial charge is 0.423 e. The van der Waals surface area contributed by atoms with Crippen LogP contribution in [-0.4, -0.2) is 62.6 Å². The zero-order valence-electron chi connectivity index (χ0n) is 21.5. The number of aliphatic hydroxyl groups is 1. The first kappa shape index (κ1) is 26.3. The van der Waals surface area contributed by atoms with Gasteiger partial charge in [-0.25, -0.2) is 14.6 Å². The van der Waals surface area contributed by atoms with Crippen molar-refractivity contribution in [2.45, 2.75) is 44.9 Å². The fourth-order valence-corrected chi connectivity index (χ4v) is 7.12. The minimum Gasteiger partial charge on any atom is -0.423 e. The first-order valence-corrected chi connectivity index (χ1v) is 14.0. The zero-order chi connectivity index (χ0) is 27.3. The van der Waals surface area contributed by atoms with E-state index in [1.54, 1.807) is 39.2 Å². The van der Waals surface area contributed by atoms with E-state index in [2.05, 4.69) is 4.98 Å². The fraction of sp³-hybridized carbons (Fsp3) is 0.385. The number of hydrogen-bond acceptors (Lipinski definition) is 10. The molecule has 5 rings (SSSR count). The Kier molecular flexibility index (Phi) is 6.97. The number of thiazole rings is 1. The summed E-state index contributed by atoms with van der Waals surface area (Å²) in [6.07, 6.45) is 3.63. The number of nitrogens with zero attached hydrogens (tertiary/aromatic N) is 3. The number of carbonyl (C=O) groups is 3. The summed E-state index contributed by atoms with van der Waals surface area (Å²) in [7, 11) is 0. The molecule has 2 aliphatic heterocycles. The lowest BCUT2D eigenvalue weighted by Gasteiger charge is -2.46. The van der Waals surface area contributed by atoms with E-state index in [0.29, 0.717) is 11.3 Å². The number of hydrogen-bond donors (Lipinski definition) is 1. The monoisotopic (exact) mass is 557 g/mol. The standard InChI is InChI=1S/C26H27N3O7S2/c1-12-7-6-8-13(2)21(12)36-26(33)35-11-34-25(32)20-17(14(3)19-18(15(4)30)23(31)29(19)20)16-9-28-10-27-22(37-5)24(28)38-16/h6-10,14-15,18-19,30H,11H2,1-5H3/t14-,15+,18+,19+/m0/s1. The van der Waals surface area contributed by atoms with Crippen LogP contribution in [0.3, 0.4) is 0 Å². The number of rotatable bonds is 7. The van der Waals surface area contributed by atoms with Gasteiger partial charge in [0, 0.05) is 17.7 Å². The molecular formula is C26H27N3O7S2. The molecule has 3 aromatic rings. The van der Waals surface area contributed by atoms with Crippen LogP contribution in [0.25, 0.3) is 10.4 Å². The third-order valence-electron chi connectivity index (χ3n) is 6.96. The Balaban J connectivity index is 1.38. The molecule has 12 heteroatoms. The molecule has 1 fully saturated rings. The van der Waals surface area contributed by atoms with Gasteiger partial charge in [-0.3, -0.25) is 9.20 Å². The maximum atomic E-state index is 13.3. The van der Waals surface area contributed by atoms with E-state index in [0.717, 1.165) is 25.9 Å². The fourth-order valence-electron chi connectivity index (χ4n) is 5.20. The lowest BCUT2D eigenvalue weighted by molar-refractivity contribution is -0.166. The van der Waals surface area contributed by atoms with E-state index in [1.165, 1.54) is 28.0 Å². The first-order valence-electron chi connectivity index (χ1n) is 12.0. The van der Waals surface area contributed by atoms with Crippen molar-refractivity contribution in [2.24, 2.45) is 11.8 Å². The second-order valence-electron chi connectivity index (χ2n) is 9.34. The highest BCUT2D eigenvalue weighted by Gasteiger charge is 2.60. The second kappa shape index (κ2) is 10.1. The summed E-state index contributed by atoms with van der Waals surface area (Å²) in [6.45, 7) is 6.42. The van der Waals surface area contributed by atoms with E-state index in [4.69, 9.17) is 14.2 Å². The summed E-state index contributed by atoms with van der Waals surface area (Å²) < 4.78 is 17.5. The molecule has 38 heavy (non-hydrogen) atoms. The molecule has 0 radical (unpaired) electrons. The Hall–Kier alpha value is -3.35. The number of amides is 1. The molecule has 0 bridgehead atoms. The summed E-state index contributed by atoms with van der Waals surface area (Å²) in [4.78, 5) is 46.0. The number of aryl methyl sites for hydroxylation is 2. The van der Waals surface area contributed by atoms with Gasteiger partial charge < -0.3 is 24.2 Å². The van der Waals surface area contributed by atoms with Gasteiger partial charge in [-0.2, -0.15) is 0 Å². The molecule has 2 aromatic heterocycles. The van der Waals surface area contributed by atoms with Crippen LogP contribution < -0.4 is 4.74 Å². The van der Waals surface area contributed by atoms with Crippen LogP contribution in [-0.2, 0) is 19.1 Å². The van der Waals surface area contributed by atoms with E-state index in [1.807, 2.05) is 29.8 Å². The highest BCUT2D eigenvalue weighted by atomic mass is 32.2. The molecule has 0 spiro atoms. The molecular weight excluding hydrogens is 530 g/mol. The van der Waals surface area contributed by atoms with Gasteiger partial charge in [0.1, 0.15) is 27.6 Å². The second-order valence-corrected chi connectivity index (χ2v) is 11.2. The SMILES string of the molecule is CSc1ncn2cc(C3=C(C(=O)OCOC(=O)Oc4c(C)cccc4C)N4C(=O)[C@H]([C@@H](C)O)[C@H]4[C@H]3C)sc12. The van der Waals surface area contributed by atoms with Crippen molar-refractivity contribution in [3.05, 3.63) is 52.4 Å². The van der Waals surface area contributed by atoms with Crippen LogP contribution in [0.1, 0.15) is 29.9 Å². The molecule has 0 saturated carbocycles. The predicted octanol–water partition coefficient (Wildman–Crippen LogP) is 4.02. The van der Waals surface area contributed by atoms with Gasteiger partial charge in [-0.1, -0.05) is 25.1 Å². The average Bonchev–Trinajstić information content (AvgIpc) is 3.51. The largest absolute Gasteiger partial charge is 0.516 e. The van der Waals surface area contributed by atoms with Gasteiger partial charge in [-0.15, -0.1) is 23.1 Å². The number of β-lactam (4-membered cyclic amide) rings is 1. The number of aliphatic hydroxyl groups excluding tert-OH is 1. The summed E-state index contributed by atoms with van der Waals surface area (Å²) >= 11 is 2.98. The van der Waals surface area contributed by atoms with Gasteiger partial charge in [0.15, 0.2) is 0 Å². The Labute approximate surface area is 227 Å². The van der Waals surface area contributed by atoms with E-state index in [9.17, 15) is 19.5 Å². The number of para-hydroxylation sites is 1. The normalized spacial score (nSPS) is 21.4. The summed E-state index contributed by atoms with van der Waals surface area (Å²) in [6, 6.07) is 5.07. The molecule has 4 heterocycles. The van der Waals surface area contributed by atoms with Crippen molar-refractivity contribution in [3.63, 3.8) is 0 Å². The Morgan fingerprint density at radius 2 is 1.95 bits per heavy atom. The van der Waals surface area contributed by atoms with Gasteiger partial charge in [-0.05, 0) is 38.2 Å². The first-order chi connectivity index (χ1) is 18.1. The summed E-state index contributed by atoms with van der Waals surface area (Å²) in [5.74, 6) is -1.62. The number of thioether (sulfide) groups is 1. The third kappa shape index (κ3) is 4.26. The number of carbonyl (C=O) groups excluding carboxylic acids is 3. The van der Waals surface area contributed by atoms with Crippen LogP contribution in [0, 0.1) is 25.7 Å². The van der Waals surface area contributed by atoms with Crippen molar-refractivity contribution in [2.75, 3.05) is 13.0 Å². The van der Waals surface area contributed by atoms with Crippen molar-refractivity contribution in [1.29, 1.82) is 0 Å². The van der Waals surface area contributed by atoms with E-state index < -0.39 is 30.9 Å². The van der Waals surface area contributed by atoms with Gasteiger partial charge in [0.05, 0.1) is 22.9 Å². The topological polar surface area (TPSA) is 120 Å².